The Kier molecular flexibility index (Phi) is 3.60. The second-order valence-corrected chi connectivity index (χ2v) is 7.23. The van der Waals surface area contributed by atoms with Gasteiger partial charge < -0.3 is 15.0 Å². The molecule has 5 rings (SSSR count). The molecule has 6 heteroatoms. The highest BCUT2D eigenvalue weighted by molar-refractivity contribution is 5.94. The van der Waals surface area contributed by atoms with Gasteiger partial charge in [-0.05, 0) is 11.5 Å². The number of nitrogens with one attached hydrogen (secondary N) is 2. The number of ether oxygens (including phenoxy) is 1. The second kappa shape index (κ2) is 5.97. The standard InChI is InChI=1S/C19H22N4O2/c24-19(17-15-11-25-7-6-16(15)21-22-17)23-10-13-8-20-9-14(13)18(23)12-4-2-1-3-5-12/h1-5,13-14,18,20H,6-11H2,(H,21,22)/t13-,14-,18+/m0/s1. The van der Waals surface area contributed by atoms with Crippen molar-refractivity contribution in [3.8, 4) is 0 Å². The van der Waals surface area contributed by atoms with Gasteiger partial charge in [0.1, 0.15) is 0 Å². The lowest BCUT2D eigenvalue weighted by Gasteiger charge is -2.28. The molecule has 0 spiro atoms. The average molecular weight is 338 g/mol. The van der Waals surface area contributed by atoms with Crippen molar-refractivity contribution in [2.45, 2.75) is 19.1 Å². The van der Waals surface area contributed by atoms with Crippen LogP contribution in [-0.2, 0) is 17.8 Å². The fourth-order valence-electron chi connectivity index (χ4n) is 4.63. The third-order valence-corrected chi connectivity index (χ3v) is 5.86. The zero-order chi connectivity index (χ0) is 16.8. The number of aromatic amines is 1. The smallest absolute Gasteiger partial charge is 0.275 e. The van der Waals surface area contributed by atoms with Crippen molar-refractivity contribution >= 4 is 5.91 Å². The molecule has 3 atom stereocenters. The van der Waals surface area contributed by atoms with Gasteiger partial charge in [0.25, 0.3) is 5.91 Å². The van der Waals surface area contributed by atoms with E-state index in [0.29, 0.717) is 30.7 Å². The first kappa shape index (κ1) is 15.1. The van der Waals surface area contributed by atoms with E-state index in [0.717, 1.165) is 37.3 Å². The van der Waals surface area contributed by atoms with Gasteiger partial charge in [0.15, 0.2) is 5.69 Å². The van der Waals surface area contributed by atoms with Crippen LogP contribution in [0.25, 0.3) is 0 Å². The van der Waals surface area contributed by atoms with E-state index in [-0.39, 0.29) is 11.9 Å². The number of carbonyl (C=O) groups excluding carboxylic acids is 1. The Morgan fingerprint density at radius 1 is 1.24 bits per heavy atom. The normalized spacial score (nSPS) is 28.0. The molecular formula is C19H22N4O2. The van der Waals surface area contributed by atoms with Gasteiger partial charge in [0, 0.05) is 43.2 Å². The van der Waals surface area contributed by atoms with Crippen LogP contribution in [0.1, 0.15) is 33.4 Å². The summed E-state index contributed by atoms with van der Waals surface area (Å²) in [4.78, 5) is 15.4. The van der Waals surface area contributed by atoms with Gasteiger partial charge in [0.2, 0.25) is 0 Å². The van der Waals surface area contributed by atoms with Crippen LogP contribution < -0.4 is 5.32 Å². The molecule has 2 saturated heterocycles. The van der Waals surface area contributed by atoms with Crippen LogP contribution in [-0.4, -0.2) is 47.2 Å². The summed E-state index contributed by atoms with van der Waals surface area (Å²) in [6.45, 7) is 3.91. The number of amides is 1. The highest BCUT2D eigenvalue weighted by atomic mass is 16.5. The van der Waals surface area contributed by atoms with Crippen molar-refractivity contribution in [1.82, 2.24) is 20.4 Å². The molecule has 4 heterocycles. The predicted octanol–water partition coefficient (Wildman–Crippen LogP) is 1.52. The zero-order valence-corrected chi connectivity index (χ0v) is 14.1. The number of carbonyl (C=O) groups is 1. The van der Waals surface area contributed by atoms with E-state index >= 15 is 0 Å². The largest absolute Gasteiger partial charge is 0.376 e. The maximum Gasteiger partial charge on any atom is 0.275 e. The molecule has 2 aromatic rings. The van der Waals surface area contributed by atoms with Crippen molar-refractivity contribution in [2.24, 2.45) is 11.8 Å². The van der Waals surface area contributed by atoms with Crippen LogP contribution in [0.2, 0.25) is 0 Å². The maximum atomic E-state index is 13.4. The summed E-state index contributed by atoms with van der Waals surface area (Å²) in [6, 6.07) is 10.5. The fourth-order valence-corrected chi connectivity index (χ4v) is 4.63. The highest BCUT2D eigenvalue weighted by Gasteiger charge is 2.47. The Bertz CT molecular complexity index is 788. The number of fused-ring (bicyclic) bond motifs is 2. The molecule has 6 nitrogen and oxygen atoms in total. The maximum absolute atomic E-state index is 13.4. The lowest BCUT2D eigenvalue weighted by atomic mass is 9.89. The van der Waals surface area contributed by atoms with Gasteiger partial charge in [-0.25, -0.2) is 0 Å². The number of benzene rings is 1. The van der Waals surface area contributed by atoms with E-state index in [2.05, 4.69) is 39.8 Å². The highest BCUT2D eigenvalue weighted by Crippen LogP contribution is 2.43. The fraction of sp³-hybridized carbons (Fsp3) is 0.474. The van der Waals surface area contributed by atoms with Crippen LogP contribution in [0.3, 0.4) is 0 Å². The molecule has 3 aliphatic rings. The monoisotopic (exact) mass is 338 g/mol. The zero-order valence-electron chi connectivity index (χ0n) is 14.1. The molecule has 0 bridgehead atoms. The van der Waals surface area contributed by atoms with E-state index in [1.165, 1.54) is 5.56 Å². The molecule has 2 N–H and O–H groups in total. The first-order chi connectivity index (χ1) is 12.3. The summed E-state index contributed by atoms with van der Waals surface area (Å²) < 4.78 is 5.55. The molecule has 1 amide bonds. The van der Waals surface area contributed by atoms with Crippen molar-refractivity contribution in [3.63, 3.8) is 0 Å². The summed E-state index contributed by atoms with van der Waals surface area (Å²) in [5.41, 5.74) is 3.75. The number of rotatable bonds is 2. The number of H-pyrrole nitrogens is 1. The number of hydrogen-bond acceptors (Lipinski definition) is 4. The summed E-state index contributed by atoms with van der Waals surface area (Å²) in [7, 11) is 0. The molecule has 1 aromatic carbocycles. The molecule has 0 aliphatic carbocycles. The molecule has 0 radical (unpaired) electrons. The van der Waals surface area contributed by atoms with Gasteiger partial charge in [-0.15, -0.1) is 0 Å². The first-order valence-corrected chi connectivity index (χ1v) is 9.03. The van der Waals surface area contributed by atoms with E-state index in [1.807, 2.05) is 11.0 Å². The third kappa shape index (κ3) is 2.40. The van der Waals surface area contributed by atoms with Crippen LogP contribution in [0.4, 0.5) is 0 Å². The van der Waals surface area contributed by atoms with E-state index in [4.69, 9.17) is 4.74 Å². The SMILES string of the molecule is O=C(c1n[nH]c2c1COCC2)N1C[C@@H]2CNC[C@@H]2[C@H]1c1ccccc1. The number of likely N-dealkylation sites (tertiary alicyclic amines) is 1. The van der Waals surface area contributed by atoms with Crippen LogP contribution >= 0.6 is 0 Å². The van der Waals surface area contributed by atoms with Gasteiger partial charge in [-0.1, -0.05) is 30.3 Å². The molecular weight excluding hydrogens is 316 g/mol. The Morgan fingerprint density at radius 3 is 3.00 bits per heavy atom. The topological polar surface area (TPSA) is 70.2 Å². The van der Waals surface area contributed by atoms with Gasteiger partial charge >= 0.3 is 0 Å². The molecule has 25 heavy (non-hydrogen) atoms. The third-order valence-electron chi connectivity index (χ3n) is 5.86. The average Bonchev–Trinajstić information content (AvgIpc) is 3.35. The Hall–Kier alpha value is -2.18. The molecule has 2 fully saturated rings. The molecule has 130 valence electrons. The first-order valence-electron chi connectivity index (χ1n) is 9.03. The molecule has 1 aromatic heterocycles. The van der Waals surface area contributed by atoms with E-state index in [9.17, 15) is 4.79 Å². The van der Waals surface area contributed by atoms with Crippen molar-refractivity contribution in [3.05, 3.63) is 52.8 Å². The molecule has 3 aliphatic heterocycles. The number of aromatic nitrogens is 2. The van der Waals surface area contributed by atoms with Gasteiger partial charge in [-0.2, -0.15) is 5.10 Å². The minimum Gasteiger partial charge on any atom is -0.376 e. The lowest BCUT2D eigenvalue weighted by Crippen LogP contribution is -2.35. The van der Waals surface area contributed by atoms with Crippen molar-refractivity contribution in [2.75, 3.05) is 26.2 Å². The van der Waals surface area contributed by atoms with Crippen molar-refractivity contribution in [1.29, 1.82) is 0 Å². The molecule has 0 saturated carbocycles. The summed E-state index contributed by atoms with van der Waals surface area (Å²) in [6.07, 6.45) is 0.799. The van der Waals surface area contributed by atoms with Gasteiger partial charge in [0.05, 0.1) is 19.3 Å². The van der Waals surface area contributed by atoms with Crippen LogP contribution in [0, 0.1) is 11.8 Å². The minimum absolute atomic E-state index is 0.0336. The lowest BCUT2D eigenvalue weighted by molar-refractivity contribution is 0.0695. The van der Waals surface area contributed by atoms with Crippen molar-refractivity contribution < 1.29 is 9.53 Å². The number of nitrogens with zero attached hydrogens (tertiary/aromatic N) is 2. The Labute approximate surface area is 146 Å². The van der Waals surface area contributed by atoms with Crippen LogP contribution in [0.5, 0.6) is 0 Å². The second-order valence-electron chi connectivity index (χ2n) is 7.23. The predicted molar refractivity (Wildman–Crippen MR) is 92.0 cm³/mol. The summed E-state index contributed by atoms with van der Waals surface area (Å²) in [5, 5.41) is 10.9. The molecule has 0 unspecified atom stereocenters. The minimum atomic E-state index is 0.0336. The Morgan fingerprint density at radius 2 is 2.12 bits per heavy atom. The number of hydrogen-bond donors (Lipinski definition) is 2. The van der Waals surface area contributed by atoms with E-state index in [1.54, 1.807) is 0 Å². The van der Waals surface area contributed by atoms with E-state index < -0.39 is 0 Å². The quantitative estimate of drug-likeness (QED) is 0.871. The summed E-state index contributed by atoms with van der Waals surface area (Å²) in [5.74, 6) is 1.02. The van der Waals surface area contributed by atoms with Gasteiger partial charge in [-0.3, -0.25) is 9.89 Å². The van der Waals surface area contributed by atoms with Crippen LogP contribution in [0.15, 0.2) is 30.3 Å². The summed E-state index contributed by atoms with van der Waals surface area (Å²) >= 11 is 0. The Balaban J connectivity index is 1.51.